The van der Waals surface area contributed by atoms with Gasteiger partial charge in [-0.3, -0.25) is 14.6 Å². The monoisotopic (exact) mass is 539 g/mol. The summed E-state index contributed by atoms with van der Waals surface area (Å²) in [6.07, 6.45) is 6.32. The molecule has 0 aliphatic carbocycles. The Bertz CT molecular complexity index is 1470. The van der Waals surface area contributed by atoms with Gasteiger partial charge in [-0.15, -0.1) is 0 Å². The lowest BCUT2D eigenvalue weighted by Gasteiger charge is -2.32. The minimum atomic E-state index is -0.635. The van der Waals surface area contributed by atoms with Gasteiger partial charge < -0.3 is 20.1 Å². The predicted molar refractivity (Wildman–Crippen MR) is 155 cm³/mol. The molecule has 2 aliphatic heterocycles. The molecule has 1 amide bonds. The van der Waals surface area contributed by atoms with Crippen molar-refractivity contribution in [3.05, 3.63) is 94.8 Å². The molecule has 40 heavy (non-hydrogen) atoms. The highest BCUT2D eigenvalue weighted by Gasteiger charge is 2.22. The smallest absolute Gasteiger partial charge is 0.252 e. The highest BCUT2D eigenvalue weighted by molar-refractivity contribution is 5.95. The molecule has 0 atom stereocenters. The van der Waals surface area contributed by atoms with Crippen LogP contribution >= 0.6 is 0 Å². The zero-order valence-corrected chi connectivity index (χ0v) is 22.8. The number of phenols is 1. The van der Waals surface area contributed by atoms with E-state index in [1.807, 2.05) is 18.5 Å². The van der Waals surface area contributed by atoms with Crippen LogP contribution in [0.5, 0.6) is 5.75 Å². The van der Waals surface area contributed by atoms with E-state index in [4.69, 9.17) is 15.5 Å². The Morgan fingerprint density at radius 1 is 0.875 bits per heavy atom. The van der Waals surface area contributed by atoms with Crippen LogP contribution < -0.4 is 5.73 Å². The Morgan fingerprint density at radius 3 is 2.17 bits per heavy atom. The number of carbonyl (C=O) groups excluding carboxylic acids is 1. The summed E-state index contributed by atoms with van der Waals surface area (Å²) < 4.78 is 7.52. The number of rotatable bonds is 8. The van der Waals surface area contributed by atoms with Crippen LogP contribution in [-0.2, 0) is 24.4 Å². The van der Waals surface area contributed by atoms with Crippen molar-refractivity contribution in [1.29, 1.82) is 0 Å². The van der Waals surface area contributed by atoms with Gasteiger partial charge in [0.2, 0.25) is 0 Å². The number of morpholine rings is 1. The van der Waals surface area contributed by atoms with E-state index in [-0.39, 0.29) is 11.3 Å². The Labute approximate surface area is 235 Å². The molecule has 2 aromatic carbocycles. The molecule has 2 aromatic heterocycles. The molecule has 2 saturated heterocycles. The maximum Gasteiger partial charge on any atom is 0.252 e. The lowest BCUT2D eigenvalue weighted by atomic mass is 9.90. The van der Waals surface area contributed by atoms with Crippen molar-refractivity contribution >= 4 is 16.9 Å². The largest absolute Gasteiger partial charge is 0.507 e. The molecule has 8 nitrogen and oxygen atoms in total. The molecule has 8 heteroatoms. The van der Waals surface area contributed by atoms with Crippen molar-refractivity contribution in [2.24, 2.45) is 5.73 Å². The van der Waals surface area contributed by atoms with Gasteiger partial charge in [-0.1, -0.05) is 30.3 Å². The van der Waals surface area contributed by atoms with Gasteiger partial charge in [-0.2, -0.15) is 0 Å². The van der Waals surface area contributed by atoms with Gasteiger partial charge in [0.1, 0.15) is 11.4 Å². The molecule has 0 spiro atoms. The quantitative estimate of drug-likeness (QED) is 0.350. The van der Waals surface area contributed by atoms with E-state index in [0.29, 0.717) is 12.5 Å². The zero-order chi connectivity index (χ0) is 27.5. The fraction of sp³-hybridized carbons (Fsp3) is 0.375. The second kappa shape index (κ2) is 11.8. The highest BCUT2D eigenvalue weighted by atomic mass is 16.5. The average Bonchev–Trinajstić information content (AvgIpc) is 3.37. The Hall–Kier alpha value is -3.72. The van der Waals surface area contributed by atoms with Crippen LogP contribution in [-0.4, -0.2) is 69.8 Å². The van der Waals surface area contributed by atoms with Crippen molar-refractivity contribution in [2.45, 2.75) is 38.4 Å². The van der Waals surface area contributed by atoms with Gasteiger partial charge in [0.05, 0.1) is 18.8 Å². The van der Waals surface area contributed by atoms with Crippen molar-refractivity contribution in [1.82, 2.24) is 19.4 Å². The molecule has 2 fully saturated rings. The molecule has 0 saturated carbocycles. The number of benzene rings is 2. The third-order valence-corrected chi connectivity index (χ3v) is 8.30. The second-order valence-corrected chi connectivity index (χ2v) is 11.1. The summed E-state index contributed by atoms with van der Waals surface area (Å²) in [7, 11) is 0. The minimum absolute atomic E-state index is 0.0937. The summed E-state index contributed by atoms with van der Waals surface area (Å²) in [6.45, 7) is 8.45. The number of amides is 1. The van der Waals surface area contributed by atoms with E-state index in [2.05, 4.69) is 50.8 Å². The molecule has 208 valence electrons. The lowest BCUT2D eigenvalue weighted by molar-refractivity contribution is 0.0342. The van der Waals surface area contributed by atoms with E-state index >= 15 is 0 Å². The van der Waals surface area contributed by atoms with Gasteiger partial charge in [0, 0.05) is 50.5 Å². The predicted octanol–water partition coefficient (Wildman–Crippen LogP) is 4.10. The molecule has 6 rings (SSSR count). The van der Waals surface area contributed by atoms with E-state index in [0.717, 1.165) is 81.9 Å². The molecule has 4 aromatic rings. The van der Waals surface area contributed by atoms with Crippen molar-refractivity contribution in [3.8, 4) is 5.75 Å². The van der Waals surface area contributed by atoms with Crippen LogP contribution in [0.1, 0.15) is 51.4 Å². The van der Waals surface area contributed by atoms with Crippen molar-refractivity contribution < 1.29 is 14.6 Å². The van der Waals surface area contributed by atoms with E-state index in [9.17, 15) is 9.90 Å². The van der Waals surface area contributed by atoms with Gasteiger partial charge in [0.25, 0.3) is 5.91 Å². The molecule has 3 N–H and O–H groups in total. The number of nitrogens with two attached hydrogens (primary N) is 1. The van der Waals surface area contributed by atoms with Crippen LogP contribution in [0.25, 0.3) is 11.0 Å². The topological polar surface area (TPSA) is 96.9 Å². The molecular formula is C32H37N5O3. The van der Waals surface area contributed by atoms with Crippen LogP contribution in [0.3, 0.4) is 0 Å². The number of hydrogen-bond donors (Lipinski definition) is 2. The number of nitrogens with zero attached hydrogens (tertiary/aromatic N) is 4. The van der Waals surface area contributed by atoms with Crippen LogP contribution in [0.4, 0.5) is 0 Å². The second-order valence-electron chi connectivity index (χ2n) is 11.1. The summed E-state index contributed by atoms with van der Waals surface area (Å²) in [4.78, 5) is 21.2. The summed E-state index contributed by atoms with van der Waals surface area (Å²) in [5.74, 6) is -0.209. The molecule has 2 aliphatic rings. The number of fused-ring (bicyclic) bond motifs is 1. The first-order valence-corrected chi connectivity index (χ1v) is 14.2. The first-order chi connectivity index (χ1) is 19.5. The van der Waals surface area contributed by atoms with E-state index in [1.54, 1.807) is 12.1 Å². The number of primary amides is 1. The summed E-state index contributed by atoms with van der Waals surface area (Å²) >= 11 is 0. The maximum atomic E-state index is 11.4. The van der Waals surface area contributed by atoms with Gasteiger partial charge >= 0.3 is 0 Å². The number of piperidine rings is 1. The van der Waals surface area contributed by atoms with Gasteiger partial charge in [-0.05, 0) is 78.4 Å². The fourth-order valence-electron chi connectivity index (χ4n) is 5.98. The number of pyridine rings is 1. The third kappa shape index (κ3) is 6.04. The SMILES string of the molecule is NC(=O)c1ccc(Cn2ccc3cc(C4CCN(Cc5ccc(CN6CCOCC6)cc5)CC4)cnc32)cc1O. The number of likely N-dealkylation sites (tertiary alicyclic amines) is 1. The van der Waals surface area contributed by atoms with Crippen molar-refractivity contribution in [2.75, 3.05) is 39.4 Å². The Morgan fingerprint density at radius 2 is 1.52 bits per heavy atom. The zero-order valence-electron chi connectivity index (χ0n) is 22.8. The highest BCUT2D eigenvalue weighted by Crippen LogP contribution is 2.30. The number of carbonyl (C=O) groups is 1. The summed E-state index contributed by atoms with van der Waals surface area (Å²) in [5.41, 5.74) is 11.3. The normalized spacial score (nSPS) is 17.4. The number of hydrogen-bond acceptors (Lipinski definition) is 6. The molecule has 0 unspecified atom stereocenters. The maximum absolute atomic E-state index is 11.4. The number of aromatic nitrogens is 2. The Kier molecular flexibility index (Phi) is 7.82. The molecule has 0 radical (unpaired) electrons. The number of ether oxygens (including phenoxy) is 1. The third-order valence-electron chi connectivity index (χ3n) is 8.30. The minimum Gasteiger partial charge on any atom is -0.507 e. The molecular weight excluding hydrogens is 502 g/mol. The first kappa shape index (κ1) is 26.5. The van der Waals surface area contributed by atoms with E-state index in [1.165, 1.54) is 16.7 Å². The van der Waals surface area contributed by atoms with Crippen LogP contribution in [0.15, 0.2) is 67.0 Å². The van der Waals surface area contributed by atoms with Crippen LogP contribution in [0.2, 0.25) is 0 Å². The first-order valence-electron chi connectivity index (χ1n) is 14.2. The summed E-state index contributed by atoms with van der Waals surface area (Å²) in [5, 5.41) is 11.2. The molecule has 0 bridgehead atoms. The lowest BCUT2D eigenvalue weighted by Crippen LogP contribution is -2.35. The van der Waals surface area contributed by atoms with Gasteiger partial charge in [0.15, 0.2) is 0 Å². The Balaban J connectivity index is 1.03. The fourth-order valence-corrected chi connectivity index (χ4v) is 5.98. The van der Waals surface area contributed by atoms with E-state index < -0.39 is 5.91 Å². The average molecular weight is 540 g/mol. The van der Waals surface area contributed by atoms with Gasteiger partial charge in [-0.25, -0.2) is 4.98 Å². The standard InChI is InChI=1S/C32H37N5O3/c33-31(39)29-6-5-25(17-30(29)38)22-37-12-9-27-18-28(19-34-32(27)37)26-7-10-35(11-8-26)20-23-1-3-24(4-2-23)21-36-13-15-40-16-14-36/h1-6,9,12,17-19,26,38H,7-8,10-11,13-16,20-22H2,(H2,33,39). The molecule has 4 heterocycles. The van der Waals surface area contributed by atoms with Crippen molar-refractivity contribution in [3.63, 3.8) is 0 Å². The summed E-state index contributed by atoms with van der Waals surface area (Å²) in [6, 6.07) is 18.5. The van der Waals surface area contributed by atoms with Crippen LogP contribution in [0, 0.1) is 0 Å². The number of aromatic hydroxyl groups is 1.